The zero-order chi connectivity index (χ0) is 16.1. The van der Waals surface area contributed by atoms with Crippen molar-refractivity contribution in [2.24, 2.45) is 0 Å². The van der Waals surface area contributed by atoms with Crippen LogP contribution in [-0.4, -0.2) is 0 Å². The SMILES string of the molecule is Cc1ccc(N)c(C(=CCc2ccccc2)c2ccccc2)c1. The van der Waals surface area contributed by atoms with Gasteiger partial charge in [0.05, 0.1) is 0 Å². The standard InChI is InChI=1S/C22H21N/c1-17-12-15-22(23)21(16-17)20(19-10-6-3-7-11-19)14-13-18-8-4-2-5-9-18/h2-12,14-16H,13,23H2,1H3. The molecule has 0 radical (unpaired) electrons. The monoisotopic (exact) mass is 299 g/mol. The number of anilines is 1. The van der Waals surface area contributed by atoms with Crippen LogP contribution in [-0.2, 0) is 6.42 Å². The number of aryl methyl sites for hydroxylation is 1. The molecule has 114 valence electrons. The summed E-state index contributed by atoms with van der Waals surface area (Å²) in [7, 11) is 0. The fourth-order valence-electron chi connectivity index (χ4n) is 2.74. The van der Waals surface area contributed by atoms with E-state index in [1.807, 2.05) is 18.2 Å². The van der Waals surface area contributed by atoms with Gasteiger partial charge in [0.1, 0.15) is 0 Å². The van der Waals surface area contributed by atoms with Crippen LogP contribution in [0.2, 0.25) is 0 Å². The lowest BCUT2D eigenvalue weighted by molar-refractivity contribution is 1.27. The van der Waals surface area contributed by atoms with Crippen LogP contribution in [0, 0.1) is 6.92 Å². The van der Waals surface area contributed by atoms with Crippen molar-refractivity contribution in [3.05, 3.63) is 107 Å². The zero-order valence-electron chi connectivity index (χ0n) is 13.4. The van der Waals surface area contributed by atoms with Gasteiger partial charge in [-0.25, -0.2) is 0 Å². The molecule has 3 aromatic rings. The average molecular weight is 299 g/mol. The van der Waals surface area contributed by atoms with Crippen LogP contribution in [0.5, 0.6) is 0 Å². The van der Waals surface area contributed by atoms with Crippen molar-refractivity contribution in [1.29, 1.82) is 0 Å². The summed E-state index contributed by atoms with van der Waals surface area (Å²) in [6.45, 7) is 2.10. The van der Waals surface area contributed by atoms with E-state index < -0.39 is 0 Å². The second-order valence-corrected chi connectivity index (χ2v) is 5.76. The molecule has 3 rings (SSSR count). The lowest BCUT2D eigenvalue weighted by Crippen LogP contribution is -1.97. The van der Waals surface area contributed by atoms with E-state index in [1.165, 1.54) is 22.3 Å². The van der Waals surface area contributed by atoms with Crippen molar-refractivity contribution in [2.45, 2.75) is 13.3 Å². The highest BCUT2D eigenvalue weighted by molar-refractivity contribution is 5.85. The Morgan fingerprint density at radius 2 is 1.52 bits per heavy atom. The second kappa shape index (κ2) is 6.97. The van der Waals surface area contributed by atoms with Crippen LogP contribution >= 0.6 is 0 Å². The van der Waals surface area contributed by atoms with Gasteiger partial charge >= 0.3 is 0 Å². The van der Waals surface area contributed by atoms with Crippen molar-refractivity contribution in [3.63, 3.8) is 0 Å². The first-order valence-corrected chi connectivity index (χ1v) is 7.90. The molecule has 1 nitrogen and oxygen atoms in total. The van der Waals surface area contributed by atoms with Crippen LogP contribution in [0.25, 0.3) is 5.57 Å². The molecular weight excluding hydrogens is 278 g/mol. The Labute approximate surface area is 138 Å². The van der Waals surface area contributed by atoms with Gasteiger partial charge in [-0.15, -0.1) is 0 Å². The highest BCUT2D eigenvalue weighted by atomic mass is 14.6. The van der Waals surface area contributed by atoms with Crippen LogP contribution in [0.3, 0.4) is 0 Å². The quantitative estimate of drug-likeness (QED) is 0.654. The van der Waals surface area contributed by atoms with Gasteiger partial charge in [0.25, 0.3) is 0 Å². The summed E-state index contributed by atoms with van der Waals surface area (Å²) in [5, 5.41) is 0. The van der Waals surface area contributed by atoms with E-state index in [-0.39, 0.29) is 0 Å². The molecule has 0 atom stereocenters. The van der Waals surface area contributed by atoms with Gasteiger partial charge in [-0.1, -0.05) is 78.4 Å². The second-order valence-electron chi connectivity index (χ2n) is 5.76. The topological polar surface area (TPSA) is 26.0 Å². The maximum Gasteiger partial charge on any atom is 0.0394 e. The van der Waals surface area contributed by atoms with Gasteiger partial charge in [-0.2, -0.15) is 0 Å². The molecule has 0 aromatic heterocycles. The normalized spacial score (nSPS) is 11.4. The third-order valence-corrected chi connectivity index (χ3v) is 3.97. The molecule has 0 amide bonds. The van der Waals surface area contributed by atoms with Crippen molar-refractivity contribution in [3.8, 4) is 0 Å². The summed E-state index contributed by atoms with van der Waals surface area (Å²) in [6.07, 6.45) is 3.16. The molecular formula is C22H21N. The third-order valence-electron chi connectivity index (χ3n) is 3.97. The van der Waals surface area contributed by atoms with Crippen molar-refractivity contribution in [2.75, 3.05) is 5.73 Å². The summed E-state index contributed by atoms with van der Waals surface area (Å²) < 4.78 is 0. The molecule has 0 heterocycles. The minimum absolute atomic E-state index is 0.818. The summed E-state index contributed by atoms with van der Waals surface area (Å²) >= 11 is 0. The molecule has 0 aliphatic rings. The Hall–Kier alpha value is -2.80. The molecule has 23 heavy (non-hydrogen) atoms. The minimum Gasteiger partial charge on any atom is -0.398 e. The zero-order valence-corrected chi connectivity index (χ0v) is 13.4. The molecule has 3 aromatic carbocycles. The van der Waals surface area contributed by atoms with Crippen LogP contribution in [0.1, 0.15) is 22.3 Å². The van der Waals surface area contributed by atoms with Crippen molar-refractivity contribution in [1.82, 2.24) is 0 Å². The highest BCUT2D eigenvalue weighted by Crippen LogP contribution is 2.29. The summed E-state index contributed by atoms with van der Waals surface area (Å²) in [4.78, 5) is 0. The number of allylic oxidation sites excluding steroid dienone is 1. The molecule has 1 heteroatoms. The largest absolute Gasteiger partial charge is 0.398 e. The minimum atomic E-state index is 0.818. The fourth-order valence-corrected chi connectivity index (χ4v) is 2.74. The third kappa shape index (κ3) is 3.70. The lowest BCUT2D eigenvalue weighted by Gasteiger charge is -2.13. The van der Waals surface area contributed by atoms with Gasteiger partial charge in [0.15, 0.2) is 0 Å². The van der Waals surface area contributed by atoms with Crippen LogP contribution < -0.4 is 5.73 Å². The molecule has 0 bridgehead atoms. The van der Waals surface area contributed by atoms with E-state index in [1.54, 1.807) is 0 Å². The number of benzene rings is 3. The summed E-state index contributed by atoms with van der Waals surface area (Å²) in [5.41, 5.74) is 13.1. The Morgan fingerprint density at radius 3 is 2.22 bits per heavy atom. The molecule has 0 saturated carbocycles. The van der Waals surface area contributed by atoms with Crippen LogP contribution in [0.4, 0.5) is 5.69 Å². The van der Waals surface area contributed by atoms with E-state index in [4.69, 9.17) is 5.73 Å². The predicted molar refractivity (Wildman–Crippen MR) is 99.3 cm³/mol. The number of hydrogen-bond donors (Lipinski definition) is 1. The molecule has 0 saturated heterocycles. The van der Waals surface area contributed by atoms with Crippen molar-refractivity contribution >= 4 is 11.3 Å². The fraction of sp³-hybridized carbons (Fsp3) is 0.0909. The average Bonchev–Trinajstić information content (AvgIpc) is 2.60. The van der Waals surface area contributed by atoms with Gasteiger partial charge < -0.3 is 5.73 Å². The maximum atomic E-state index is 6.26. The van der Waals surface area contributed by atoms with E-state index in [9.17, 15) is 0 Å². The predicted octanol–water partition coefficient (Wildman–Crippen LogP) is 5.25. The Balaban J connectivity index is 2.05. The number of nitrogen functional groups attached to an aromatic ring is 1. The van der Waals surface area contributed by atoms with E-state index in [2.05, 4.69) is 73.7 Å². The smallest absolute Gasteiger partial charge is 0.0394 e. The molecule has 0 unspecified atom stereocenters. The van der Waals surface area contributed by atoms with E-state index >= 15 is 0 Å². The lowest BCUT2D eigenvalue weighted by atomic mass is 9.93. The number of hydrogen-bond acceptors (Lipinski definition) is 1. The molecule has 0 aliphatic carbocycles. The molecule has 0 aliphatic heterocycles. The summed E-state index contributed by atoms with van der Waals surface area (Å²) in [5.74, 6) is 0. The van der Waals surface area contributed by atoms with E-state index in [0.717, 1.165) is 17.7 Å². The van der Waals surface area contributed by atoms with Crippen LogP contribution in [0.15, 0.2) is 84.9 Å². The Morgan fingerprint density at radius 1 is 0.870 bits per heavy atom. The Bertz CT molecular complexity index is 802. The van der Waals surface area contributed by atoms with Crippen molar-refractivity contribution < 1.29 is 0 Å². The van der Waals surface area contributed by atoms with Gasteiger partial charge in [0, 0.05) is 11.3 Å². The molecule has 2 N–H and O–H groups in total. The number of nitrogens with two attached hydrogens (primary N) is 1. The van der Waals surface area contributed by atoms with Gasteiger partial charge in [-0.05, 0) is 42.2 Å². The molecule has 0 fully saturated rings. The maximum absolute atomic E-state index is 6.26. The first-order valence-electron chi connectivity index (χ1n) is 7.90. The Kier molecular flexibility index (Phi) is 4.58. The molecule has 0 spiro atoms. The van der Waals surface area contributed by atoms with E-state index in [0.29, 0.717) is 0 Å². The first-order chi connectivity index (χ1) is 11.2. The first kappa shape index (κ1) is 15.1. The summed E-state index contributed by atoms with van der Waals surface area (Å²) in [6, 6.07) is 27.2. The number of rotatable bonds is 4. The highest BCUT2D eigenvalue weighted by Gasteiger charge is 2.08. The van der Waals surface area contributed by atoms with Gasteiger partial charge in [0.2, 0.25) is 0 Å². The van der Waals surface area contributed by atoms with Gasteiger partial charge in [-0.3, -0.25) is 0 Å².